The number of thiazole rings is 1. The van der Waals surface area contributed by atoms with Gasteiger partial charge in [-0.1, -0.05) is 31.2 Å². The van der Waals surface area contributed by atoms with Gasteiger partial charge in [0.05, 0.1) is 17.0 Å². The maximum Gasteiger partial charge on any atom is 0.297 e. The van der Waals surface area contributed by atoms with Gasteiger partial charge in [-0.3, -0.25) is 14.5 Å². The molecule has 150 valence electrons. The number of hydrogen-bond acceptors (Lipinski definition) is 5. The van der Waals surface area contributed by atoms with Gasteiger partial charge in [0.15, 0.2) is 10.6 Å². The molecule has 1 amide bonds. The molecule has 0 fully saturated rings. The number of nitrogens with zero attached hydrogens (tertiary/aromatic N) is 2. The van der Waals surface area contributed by atoms with Crippen LogP contribution in [0, 0.1) is 13.8 Å². The van der Waals surface area contributed by atoms with E-state index in [-0.39, 0.29) is 17.1 Å². The number of fused-ring (bicyclic) bond motifs is 2. The highest BCUT2D eigenvalue weighted by Crippen LogP contribution is 2.42. The summed E-state index contributed by atoms with van der Waals surface area (Å²) in [5, 5.41) is 2.87. The summed E-state index contributed by atoms with van der Waals surface area (Å²) in [5.74, 6) is -0.225. The fourth-order valence-corrected chi connectivity index (χ4v) is 4.68. The van der Waals surface area contributed by atoms with Gasteiger partial charge in [-0.25, -0.2) is 4.98 Å². The quantitative estimate of drug-likeness (QED) is 0.462. The molecule has 0 aliphatic carbocycles. The molecule has 0 bridgehead atoms. The van der Waals surface area contributed by atoms with E-state index in [2.05, 4.69) is 11.9 Å². The van der Waals surface area contributed by atoms with Crippen molar-refractivity contribution >= 4 is 33.3 Å². The molecule has 30 heavy (non-hydrogen) atoms. The highest BCUT2D eigenvalue weighted by Gasteiger charge is 2.44. The van der Waals surface area contributed by atoms with Crippen molar-refractivity contribution in [2.24, 2.45) is 0 Å². The van der Waals surface area contributed by atoms with E-state index in [9.17, 15) is 9.59 Å². The van der Waals surface area contributed by atoms with Crippen LogP contribution in [0.15, 0.2) is 57.2 Å². The van der Waals surface area contributed by atoms with Crippen molar-refractivity contribution < 1.29 is 9.21 Å². The molecule has 3 heterocycles. The normalized spacial score (nSPS) is 15.8. The Hall–Kier alpha value is -3.25. The molecule has 5 nitrogen and oxygen atoms in total. The number of aryl methyl sites for hydroxylation is 3. The van der Waals surface area contributed by atoms with Crippen LogP contribution >= 0.6 is 11.3 Å². The maximum absolute atomic E-state index is 13.6. The number of rotatable bonds is 3. The first-order valence-electron chi connectivity index (χ1n) is 9.89. The van der Waals surface area contributed by atoms with E-state index < -0.39 is 6.04 Å². The van der Waals surface area contributed by atoms with Crippen molar-refractivity contribution in [2.75, 3.05) is 4.90 Å². The van der Waals surface area contributed by atoms with Crippen LogP contribution in [0.25, 0.3) is 11.0 Å². The van der Waals surface area contributed by atoms with Crippen molar-refractivity contribution in [1.29, 1.82) is 0 Å². The lowest BCUT2D eigenvalue weighted by atomic mass is 9.96. The lowest BCUT2D eigenvalue weighted by Gasteiger charge is -2.22. The maximum atomic E-state index is 13.6. The Labute approximate surface area is 177 Å². The zero-order valence-corrected chi connectivity index (χ0v) is 17.7. The minimum atomic E-state index is -0.563. The molecule has 4 aromatic rings. The van der Waals surface area contributed by atoms with Crippen LogP contribution in [-0.4, -0.2) is 10.9 Å². The average molecular weight is 417 g/mol. The summed E-state index contributed by atoms with van der Waals surface area (Å²) in [6, 6.07) is 11.2. The topological polar surface area (TPSA) is 63.4 Å². The Morgan fingerprint density at radius 3 is 2.50 bits per heavy atom. The summed E-state index contributed by atoms with van der Waals surface area (Å²) >= 11 is 1.37. The van der Waals surface area contributed by atoms with Gasteiger partial charge >= 0.3 is 0 Å². The molecule has 1 atom stereocenters. The predicted octanol–water partition coefficient (Wildman–Crippen LogP) is 5.18. The lowest BCUT2D eigenvalue weighted by Crippen LogP contribution is -2.29. The number of carbonyl (C=O) groups excluding carboxylic acids is 1. The zero-order chi connectivity index (χ0) is 21.0. The van der Waals surface area contributed by atoms with Crippen LogP contribution in [0.2, 0.25) is 0 Å². The standard InChI is InChI=1S/C24H20N2O3S/c1-4-15-5-7-16(8-6-15)20-19-21(27)17-11-13(2)14(3)12-18(17)29-22(19)23(28)26(20)24-25-9-10-30-24/h5-12,20H,4H2,1-3H3/t20-/m1/s1. The third-order valence-corrected chi connectivity index (χ3v) is 6.59. The summed E-state index contributed by atoms with van der Waals surface area (Å²) < 4.78 is 6.04. The Morgan fingerprint density at radius 1 is 1.10 bits per heavy atom. The molecule has 1 aliphatic rings. The highest BCUT2D eigenvalue weighted by atomic mass is 32.1. The number of amides is 1. The first-order chi connectivity index (χ1) is 14.5. The largest absolute Gasteiger partial charge is 0.450 e. The van der Waals surface area contributed by atoms with Crippen LogP contribution in [0.1, 0.15) is 51.3 Å². The monoisotopic (exact) mass is 416 g/mol. The van der Waals surface area contributed by atoms with Crippen molar-refractivity contribution in [3.63, 3.8) is 0 Å². The van der Waals surface area contributed by atoms with Crippen LogP contribution in [0.3, 0.4) is 0 Å². The van der Waals surface area contributed by atoms with Crippen LogP contribution in [0.4, 0.5) is 5.13 Å². The number of benzene rings is 2. The van der Waals surface area contributed by atoms with Crippen molar-refractivity contribution in [2.45, 2.75) is 33.2 Å². The average Bonchev–Trinajstić information content (AvgIpc) is 3.37. The molecule has 5 rings (SSSR count). The fourth-order valence-electron chi connectivity index (χ4n) is 4.01. The van der Waals surface area contributed by atoms with E-state index >= 15 is 0 Å². The summed E-state index contributed by atoms with van der Waals surface area (Å²) in [6.45, 7) is 6.02. The van der Waals surface area contributed by atoms with E-state index in [0.717, 1.165) is 23.1 Å². The van der Waals surface area contributed by atoms with Crippen LogP contribution in [0.5, 0.6) is 0 Å². The smallest absolute Gasteiger partial charge is 0.297 e. The first kappa shape index (κ1) is 18.8. The summed E-state index contributed by atoms with van der Waals surface area (Å²) in [6.07, 6.45) is 2.58. The molecule has 1 aliphatic heterocycles. The Balaban J connectivity index is 1.81. The number of anilines is 1. The molecular weight excluding hydrogens is 396 g/mol. The van der Waals surface area contributed by atoms with Gasteiger partial charge in [-0.15, -0.1) is 11.3 Å². The summed E-state index contributed by atoms with van der Waals surface area (Å²) in [5.41, 5.74) is 4.75. The summed E-state index contributed by atoms with van der Waals surface area (Å²) in [4.78, 5) is 32.9. The van der Waals surface area contributed by atoms with Crippen LogP contribution < -0.4 is 10.3 Å². The van der Waals surface area contributed by atoms with Gasteiger partial charge in [-0.05, 0) is 54.7 Å². The minimum absolute atomic E-state index is 0.107. The first-order valence-corrected chi connectivity index (χ1v) is 10.8. The van der Waals surface area contributed by atoms with Crippen molar-refractivity contribution in [3.8, 4) is 0 Å². The molecule has 0 spiro atoms. The van der Waals surface area contributed by atoms with E-state index in [1.165, 1.54) is 16.9 Å². The molecule has 0 radical (unpaired) electrons. The van der Waals surface area contributed by atoms with E-state index in [1.807, 2.05) is 55.6 Å². The molecule has 6 heteroatoms. The second kappa shape index (κ2) is 6.92. The zero-order valence-electron chi connectivity index (χ0n) is 16.9. The number of hydrogen-bond donors (Lipinski definition) is 0. The summed E-state index contributed by atoms with van der Waals surface area (Å²) in [7, 11) is 0. The number of aromatic nitrogens is 1. The SMILES string of the molecule is CCc1ccc([C@@H]2c3c(oc4cc(C)c(C)cc4c3=O)C(=O)N2c2nccs2)cc1. The van der Waals surface area contributed by atoms with Gasteiger partial charge in [0, 0.05) is 11.6 Å². The molecule has 0 saturated carbocycles. The minimum Gasteiger partial charge on any atom is -0.450 e. The number of carbonyl (C=O) groups is 1. The highest BCUT2D eigenvalue weighted by molar-refractivity contribution is 7.13. The van der Waals surface area contributed by atoms with Gasteiger partial charge in [-0.2, -0.15) is 0 Å². The molecule has 2 aromatic carbocycles. The van der Waals surface area contributed by atoms with Crippen molar-refractivity contribution in [1.82, 2.24) is 4.98 Å². The van der Waals surface area contributed by atoms with Gasteiger partial charge in [0.1, 0.15) is 5.58 Å². The van der Waals surface area contributed by atoms with Gasteiger partial charge in [0.2, 0.25) is 5.76 Å². The molecule has 0 N–H and O–H groups in total. The second-order valence-corrected chi connectivity index (χ2v) is 8.47. The van der Waals surface area contributed by atoms with Crippen molar-refractivity contribution in [3.05, 3.63) is 91.8 Å². The molecular formula is C24H20N2O3S. The Kier molecular flexibility index (Phi) is 4.33. The molecule has 2 aromatic heterocycles. The third kappa shape index (κ3) is 2.71. The third-order valence-electron chi connectivity index (χ3n) is 5.82. The lowest BCUT2D eigenvalue weighted by molar-refractivity contribution is 0.0971. The van der Waals surface area contributed by atoms with E-state index in [1.54, 1.807) is 11.1 Å². The van der Waals surface area contributed by atoms with Crippen LogP contribution in [-0.2, 0) is 6.42 Å². The van der Waals surface area contributed by atoms with Gasteiger partial charge in [0.25, 0.3) is 5.91 Å². The predicted molar refractivity (Wildman–Crippen MR) is 119 cm³/mol. The molecule has 0 unspecified atom stereocenters. The second-order valence-electron chi connectivity index (χ2n) is 7.59. The Morgan fingerprint density at radius 2 is 1.83 bits per heavy atom. The van der Waals surface area contributed by atoms with Gasteiger partial charge < -0.3 is 4.42 Å². The van der Waals surface area contributed by atoms with E-state index in [0.29, 0.717) is 21.7 Å². The fraction of sp³-hybridized carbons (Fsp3) is 0.208. The Bertz CT molecular complexity index is 1340. The van der Waals surface area contributed by atoms with E-state index in [4.69, 9.17) is 4.42 Å². The molecule has 0 saturated heterocycles.